The summed E-state index contributed by atoms with van der Waals surface area (Å²) in [5, 5.41) is 9.55. The highest BCUT2D eigenvalue weighted by molar-refractivity contribution is 7.89. The molecule has 0 saturated heterocycles. The van der Waals surface area contributed by atoms with E-state index >= 15 is 0 Å². The third-order valence-electron chi connectivity index (χ3n) is 3.72. The van der Waals surface area contributed by atoms with Crippen LogP contribution < -0.4 is 15.4 Å². The molecule has 0 aliphatic heterocycles. The molecule has 1 heterocycles. The molecular weight excluding hydrogens is 344 g/mol. The average Bonchev–Trinajstić information content (AvgIpc) is 3.01. The number of sulfonamides is 1. The van der Waals surface area contributed by atoms with E-state index < -0.39 is 10.0 Å². The first kappa shape index (κ1) is 18.9. The van der Waals surface area contributed by atoms with Gasteiger partial charge in [-0.3, -0.25) is 0 Å². The highest BCUT2D eigenvalue weighted by Gasteiger charge is 2.08. The maximum absolute atomic E-state index is 11.2. The zero-order valence-electron chi connectivity index (χ0n) is 14.0. The van der Waals surface area contributed by atoms with Gasteiger partial charge < -0.3 is 10.2 Å². The van der Waals surface area contributed by atoms with Gasteiger partial charge in [-0.05, 0) is 44.5 Å². The molecule has 0 fully saturated rings. The molecule has 0 radical (unpaired) electrons. The monoisotopic (exact) mass is 368 g/mol. The van der Waals surface area contributed by atoms with E-state index in [0.717, 1.165) is 43.3 Å². The number of hydrogen-bond acceptors (Lipinski definition) is 6. The molecule has 3 N–H and O–H groups in total. The lowest BCUT2D eigenvalue weighted by Gasteiger charge is -2.16. The lowest BCUT2D eigenvalue weighted by molar-refractivity contribution is 0.597. The molecule has 0 spiro atoms. The first-order chi connectivity index (χ1) is 11.4. The molecule has 2 aromatic rings. The molecule has 132 valence electrons. The zero-order chi connectivity index (χ0) is 17.6. The number of aromatic nitrogens is 1. The molecule has 0 atom stereocenters. The van der Waals surface area contributed by atoms with E-state index in [1.807, 2.05) is 6.20 Å². The van der Waals surface area contributed by atoms with Crippen molar-refractivity contribution in [2.45, 2.75) is 31.7 Å². The Hall–Kier alpha value is -1.48. The Morgan fingerprint density at radius 1 is 1.21 bits per heavy atom. The number of benzene rings is 1. The summed E-state index contributed by atoms with van der Waals surface area (Å²) >= 11 is 1.71. The molecule has 0 unspecified atom stereocenters. The minimum Gasteiger partial charge on any atom is -0.349 e. The Labute approximate surface area is 147 Å². The Kier molecular flexibility index (Phi) is 6.73. The van der Waals surface area contributed by atoms with Crippen molar-refractivity contribution in [1.29, 1.82) is 0 Å². The molecule has 6 nitrogen and oxygen atoms in total. The smallest absolute Gasteiger partial charge is 0.238 e. The fourth-order valence-electron chi connectivity index (χ4n) is 2.31. The van der Waals surface area contributed by atoms with Crippen molar-refractivity contribution in [1.82, 2.24) is 10.3 Å². The first-order valence-electron chi connectivity index (χ1n) is 7.96. The topological polar surface area (TPSA) is 88.3 Å². The number of thiazole rings is 1. The van der Waals surface area contributed by atoms with Crippen molar-refractivity contribution in [2.75, 3.05) is 24.5 Å². The van der Waals surface area contributed by atoms with Crippen LogP contribution >= 0.6 is 11.3 Å². The van der Waals surface area contributed by atoms with E-state index in [-0.39, 0.29) is 4.90 Å². The molecule has 8 heteroatoms. The lowest BCUT2D eigenvalue weighted by atomic mass is 10.1. The second-order valence-electron chi connectivity index (χ2n) is 5.40. The van der Waals surface area contributed by atoms with E-state index in [0.29, 0.717) is 0 Å². The Bertz CT molecular complexity index is 738. The Morgan fingerprint density at radius 2 is 1.88 bits per heavy atom. The standard InChI is InChI=1S/C16H24N4O2S2/c1-3-20(4-2)16-19-12-14(23-16)11-18-10-9-13-5-7-15(8-6-13)24(17,21)22/h5-8,12,18H,3-4,9-11H2,1-2H3,(H2,17,21,22). The Balaban J connectivity index is 1.79. The average molecular weight is 369 g/mol. The Morgan fingerprint density at radius 3 is 2.46 bits per heavy atom. The maximum Gasteiger partial charge on any atom is 0.238 e. The van der Waals surface area contributed by atoms with Gasteiger partial charge in [0.25, 0.3) is 0 Å². The third kappa shape index (κ3) is 5.27. The largest absolute Gasteiger partial charge is 0.349 e. The summed E-state index contributed by atoms with van der Waals surface area (Å²) in [6, 6.07) is 6.69. The van der Waals surface area contributed by atoms with Crippen LogP contribution in [0, 0.1) is 0 Å². The first-order valence-corrected chi connectivity index (χ1v) is 10.3. The highest BCUT2D eigenvalue weighted by atomic mass is 32.2. The molecule has 1 aromatic carbocycles. The molecule has 0 amide bonds. The summed E-state index contributed by atoms with van der Waals surface area (Å²) in [5.41, 5.74) is 1.07. The highest BCUT2D eigenvalue weighted by Crippen LogP contribution is 2.21. The molecule has 2 rings (SSSR count). The van der Waals surface area contributed by atoms with Crippen molar-refractivity contribution < 1.29 is 8.42 Å². The number of primary sulfonamides is 1. The van der Waals surface area contributed by atoms with Crippen LogP contribution in [0.3, 0.4) is 0 Å². The predicted molar refractivity (Wildman–Crippen MR) is 98.9 cm³/mol. The molecule has 0 aliphatic carbocycles. The summed E-state index contributed by atoms with van der Waals surface area (Å²) in [4.78, 5) is 8.06. The molecule has 0 aliphatic rings. The van der Waals surface area contributed by atoms with Crippen molar-refractivity contribution in [3.63, 3.8) is 0 Å². The van der Waals surface area contributed by atoms with Crippen molar-refractivity contribution in [3.8, 4) is 0 Å². The number of rotatable bonds is 9. The molecule has 0 bridgehead atoms. The van der Waals surface area contributed by atoms with Crippen LogP contribution in [0.5, 0.6) is 0 Å². The van der Waals surface area contributed by atoms with E-state index in [2.05, 4.69) is 29.0 Å². The number of hydrogen-bond donors (Lipinski definition) is 2. The van der Waals surface area contributed by atoms with Gasteiger partial charge in [0.2, 0.25) is 10.0 Å². The fraction of sp³-hybridized carbons (Fsp3) is 0.438. The lowest BCUT2D eigenvalue weighted by Crippen LogP contribution is -2.21. The van der Waals surface area contributed by atoms with Gasteiger partial charge in [-0.15, -0.1) is 11.3 Å². The minimum atomic E-state index is -3.62. The van der Waals surface area contributed by atoms with E-state index in [9.17, 15) is 8.42 Å². The van der Waals surface area contributed by atoms with Gasteiger partial charge in [-0.25, -0.2) is 18.5 Å². The normalized spacial score (nSPS) is 11.6. The molecular formula is C16H24N4O2S2. The number of nitrogens with one attached hydrogen (secondary N) is 1. The van der Waals surface area contributed by atoms with Crippen LogP contribution in [0.1, 0.15) is 24.3 Å². The fourth-order valence-corrected chi connectivity index (χ4v) is 3.83. The van der Waals surface area contributed by atoms with Crippen LogP contribution in [0.4, 0.5) is 5.13 Å². The number of anilines is 1. The van der Waals surface area contributed by atoms with Crippen molar-refractivity contribution in [3.05, 3.63) is 40.9 Å². The summed E-state index contributed by atoms with van der Waals surface area (Å²) in [6.07, 6.45) is 2.75. The second-order valence-corrected chi connectivity index (χ2v) is 8.05. The van der Waals surface area contributed by atoms with Gasteiger partial charge in [-0.1, -0.05) is 12.1 Å². The van der Waals surface area contributed by atoms with Crippen LogP contribution in [0.2, 0.25) is 0 Å². The summed E-state index contributed by atoms with van der Waals surface area (Å²) in [6.45, 7) is 7.78. The predicted octanol–water partition coefficient (Wildman–Crippen LogP) is 1.97. The minimum absolute atomic E-state index is 0.146. The van der Waals surface area contributed by atoms with Crippen molar-refractivity contribution in [2.24, 2.45) is 5.14 Å². The third-order valence-corrected chi connectivity index (χ3v) is 5.70. The molecule has 0 saturated carbocycles. The quantitative estimate of drug-likeness (QED) is 0.661. The van der Waals surface area contributed by atoms with Crippen LogP contribution in [-0.4, -0.2) is 33.0 Å². The number of nitrogens with zero attached hydrogens (tertiary/aromatic N) is 2. The van der Waals surface area contributed by atoms with Gasteiger partial charge in [0, 0.05) is 30.7 Å². The number of nitrogens with two attached hydrogens (primary N) is 1. The van der Waals surface area contributed by atoms with E-state index in [4.69, 9.17) is 5.14 Å². The maximum atomic E-state index is 11.2. The van der Waals surface area contributed by atoms with Gasteiger partial charge in [0.1, 0.15) is 0 Å². The SMILES string of the molecule is CCN(CC)c1ncc(CNCCc2ccc(S(N)(=O)=O)cc2)s1. The van der Waals surface area contributed by atoms with Crippen LogP contribution in [0.15, 0.2) is 35.4 Å². The van der Waals surface area contributed by atoms with Gasteiger partial charge in [0.15, 0.2) is 5.13 Å². The zero-order valence-corrected chi connectivity index (χ0v) is 15.7. The second kappa shape index (κ2) is 8.57. The van der Waals surface area contributed by atoms with Crippen LogP contribution in [-0.2, 0) is 23.0 Å². The molecule has 24 heavy (non-hydrogen) atoms. The molecule has 1 aromatic heterocycles. The van der Waals surface area contributed by atoms with Crippen molar-refractivity contribution >= 4 is 26.5 Å². The summed E-state index contributed by atoms with van der Waals surface area (Å²) in [7, 11) is -3.62. The van der Waals surface area contributed by atoms with E-state index in [1.165, 1.54) is 4.88 Å². The van der Waals surface area contributed by atoms with E-state index in [1.54, 1.807) is 35.6 Å². The summed E-state index contributed by atoms with van der Waals surface area (Å²) < 4.78 is 22.4. The van der Waals surface area contributed by atoms with Crippen LogP contribution in [0.25, 0.3) is 0 Å². The van der Waals surface area contributed by atoms with Gasteiger partial charge >= 0.3 is 0 Å². The van der Waals surface area contributed by atoms with Gasteiger partial charge in [0.05, 0.1) is 4.90 Å². The van der Waals surface area contributed by atoms with Gasteiger partial charge in [-0.2, -0.15) is 0 Å². The summed E-state index contributed by atoms with van der Waals surface area (Å²) in [5.74, 6) is 0.